The van der Waals surface area contributed by atoms with E-state index in [1.807, 2.05) is 6.07 Å². The molecule has 2 aromatic heterocycles. The molecular weight excluding hydrogens is 624 g/mol. The molecule has 2 N–H and O–H groups in total. The van der Waals surface area contributed by atoms with Gasteiger partial charge in [-0.25, -0.2) is 27.8 Å². The molecule has 3 aromatic carbocycles. The molecule has 3 heterocycles. The van der Waals surface area contributed by atoms with Crippen molar-refractivity contribution in [3.8, 4) is 27.6 Å². The van der Waals surface area contributed by atoms with Crippen molar-refractivity contribution in [3.63, 3.8) is 0 Å². The molecule has 0 aliphatic carbocycles. The second kappa shape index (κ2) is 14.4. The van der Waals surface area contributed by atoms with Gasteiger partial charge in [0, 0.05) is 35.7 Å². The largest absolute Gasteiger partial charge is 0.489 e. The molecule has 0 unspecified atom stereocenters. The Hall–Kier alpha value is -4.39. The van der Waals surface area contributed by atoms with E-state index < -0.39 is 15.8 Å². The molecule has 12 heteroatoms. The number of aromatic nitrogens is 3. The van der Waals surface area contributed by atoms with E-state index in [-0.39, 0.29) is 10.6 Å². The molecule has 1 aliphatic rings. The van der Waals surface area contributed by atoms with E-state index in [1.54, 1.807) is 72.9 Å². The minimum absolute atomic E-state index is 0.181. The standard InChI is InChI=1S/C34H35FN6O3S2/c1-2-9-31-39-32(24-10-8-11-26(22-24)40-46(42,43)27-12-4-3-5-13-27)33(45-31)29-16-17-36-34(38-29)37-25-14-15-30(28(35)23-25)44-21-20-41-18-6-7-19-41/h3-5,8,10-17,22-23,40H,2,6-7,9,18-21H2,1H3,(H,36,37,38). The van der Waals surface area contributed by atoms with Crippen molar-refractivity contribution in [2.24, 2.45) is 0 Å². The maximum absolute atomic E-state index is 14.9. The highest BCUT2D eigenvalue weighted by Crippen LogP contribution is 2.38. The Balaban J connectivity index is 1.22. The van der Waals surface area contributed by atoms with Crippen LogP contribution in [-0.4, -0.2) is 54.5 Å². The van der Waals surface area contributed by atoms with Gasteiger partial charge in [-0.15, -0.1) is 11.3 Å². The molecule has 238 valence electrons. The minimum atomic E-state index is -3.76. The van der Waals surface area contributed by atoms with Crippen molar-refractivity contribution in [3.05, 3.63) is 95.9 Å². The van der Waals surface area contributed by atoms with Crippen molar-refractivity contribution in [1.29, 1.82) is 0 Å². The number of benzene rings is 3. The first-order chi connectivity index (χ1) is 22.4. The summed E-state index contributed by atoms with van der Waals surface area (Å²) in [6, 6.07) is 21.9. The van der Waals surface area contributed by atoms with Crippen molar-refractivity contribution in [2.45, 2.75) is 37.5 Å². The maximum atomic E-state index is 14.9. The monoisotopic (exact) mass is 658 g/mol. The lowest BCUT2D eigenvalue weighted by Crippen LogP contribution is -2.25. The highest BCUT2D eigenvalue weighted by molar-refractivity contribution is 7.92. The molecule has 0 amide bonds. The van der Waals surface area contributed by atoms with E-state index in [9.17, 15) is 12.8 Å². The van der Waals surface area contributed by atoms with Crippen LogP contribution in [0.5, 0.6) is 5.75 Å². The van der Waals surface area contributed by atoms with Crippen LogP contribution in [0.2, 0.25) is 0 Å². The lowest BCUT2D eigenvalue weighted by molar-refractivity contribution is 0.231. The van der Waals surface area contributed by atoms with Gasteiger partial charge in [0.1, 0.15) is 6.61 Å². The number of nitrogens with one attached hydrogen (secondary N) is 2. The third kappa shape index (κ3) is 7.69. The van der Waals surface area contributed by atoms with Crippen LogP contribution >= 0.6 is 11.3 Å². The molecule has 6 rings (SSSR count). The van der Waals surface area contributed by atoms with Crippen molar-refractivity contribution in [2.75, 3.05) is 36.3 Å². The van der Waals surface area contributed by atoms with Crippen LogP contribution in [-0.2, 0) is 16.4 Å². The first-order valence-corrected chi connectivity index (χ1v) is 17.6. The Morgan fingerprint density at radius 1 is 0.957 bits per heavy atom. The Morgan fingerprint density at radius 3 is 2.57 bits per heavy atom. The fourth-order valence-corrected chi connectivity index (χ4v) is 7.49. The minimum Gasteiger partial charge on any atom is -0.489 e. The van der Waals surface area contributed by atoms with E-state index in [0.29, 0.717) is 35.3 Å². The van der Waals surface area contributed by atoms with E-state index in [4.69, 9.17) is 14.7 Å². The zero-order valence-corrected chi connectivity index (χ0v) is 27.1. The summed E-state index contributed by atoms with van der Waals surface area (Å²) in [4.78, 5) is 17.4. The highest BCUT2D eigenvalue weighted by atomic mass is 32.2. The lowest BCUT2D eigenvalue weighted by Gasteiger charge is -2.15. The third-order valence-electron chi connectivity index (χ3n) is 7.52. The molecule has 0 radical (unpaired) electrons. The predicted molar refractivity (Wildman–Crippen MR) is 181 cm³/mol. The molecular formula is C34H35FN6O3S2. The van der Waals surface area contributed by atoms with E-state index >= 15 is 0 Å². The van der Waals surface area contributed by atoms with Crippen LogP contribution in [0, 0.1) is 5.82 Å². The van der Waals surface area contributed by atoms with E-state index in [2.05, 4.69) is 26.8 Å². The van der Waals surface area contributed by atoms with Crippen LogP contribution in [0.15, 0.2) is 90.0 Å². The Morgan fingerprint density at radius 2 is 1.78 bits per heavy atom. The maximum Gasteiger partial charge on any atom is 0.261 e. The van der Waals surface area contributed by atoms with Crippen molar-refractivity contribution >= 4 is 38.7 Å². The number of likely N-dealkylation sites (tertiary alicyclic amines) is 1. The van der Waals surface area contributed by atoms with Gasteiger partial charge < -0.3 is 10.1 Å². The number of hydrogen-bond donors (Lipinski definition) is 2. The van der Waals surface area contributed by atoms with E-state index in [0.717, 1.165) is 47.9 Å². The highest BCUT2D eigenvalue weighted by Gasteiger charge is 2.19. The number of aryl methyl sites for hydroxylation is 1. The molecule has 1 fully saturated rings. The fraction of sp³-hybridized carbons (Fsp3) is 0.265. The summed E-state index contributed by atoms with van der Waals surface area (Å²) in [5.41, 5.74) is 3.01. The number of ether oxygens (including phenoxy) is 1. The van der Waals surface area contributed by atoms with Gasteiger partial charge in [-0.05, 0) is 81.2 Å². The number of nitrogens with zero attached hydrogens (tertiary/aromatic N) is 4. The van der Waals surface area contributed by atoms with Crippen molar-refractivity contribution < 1.29 is 17.5 Å². The van der Waals surface area contributed by atoms with Gasteiger partial charge in [-0.1, -0.05) is 37.3 Å². The summed E-state index contributed by atoms with van der Waals surface area (Å²) in [6.45, 7) is 5.45. The van der Waals surface area contributed by atoms with Crippen LogP contribution in [0.1, 0.15) is 31.2 Å². The van der Waals surface area contributed by atoms with Crippen LogP contribution in [0.4, 0.5) is 21.7 Å². The quantitative estimate of drug-likeness (QED) is 0.135. The van der Waals surface area contributed by atoms with Crippen LogP contribution in [0.25, 0.3) is 21.8 Å². The van der Waals surface area contributed by atoms with Gasteiger partial charge in [-0.3, -0.25) is 9.62 Å². The fourth-order valence-electron chi connectivity index (χ4n) is 5.26. The van der Waals surface area contributed by atoms with Gasteiger partial charge in [0.15, 0.2) is 11.6 Å². The molecule has 0 saturated carbocycles. The Kier molecular flexibility index (Phi) is 9.86. The molecule has 0 atom stereocenters. The number of sulfonamides is 1. The summed E-state index contributed by atoms with van der Waals surface area (Å²) >= 11 is 1.54. The lowest BCUT2D eigenvalue weighted by atomic mass is 10.1. The van der Waals surface area contributed by atoms with Gasteiger partial charge in [0.05, 0.1) is 26.2 Å². The summed E-state index contributed by atoms with van der Waals surface area (Å²) in [7, 11) is -3.76. The summed E-state index contributed by atoms with van der Waals surface area (Å²) in [5.74, 6) is 0.0603. The molecule has 46 heavy (non-hydrogen) atoms. The van der Waals surface area contributed by atoms with Crippen LogP contribution < -0.4 is 14.8 Å². The molecule has 0 spiro atoms. The van der Waals surface area contributed by atoms with Gasteiger partial charge in [0.25, 0.3) is 10.0 Å². The number of rotatable bonds is 13. The zero-order valence-electron chi connectivity index (χ0n) is 25.4. The third-order valence-corrected chi connectivity index (χ3v) is 10.1. The van der Waals surface area contributed by atoms with Crippen LogP contribution in [0.3, 0.4) is 0 Å². The second-order valence-corrected chi connectivity index (χ2v) is 13.7. The number of hydrogen-bond acceptors (Lipinski definition) is 9. The smallest absolute Gasteiger partial charge is 0.261 e. The topological polar surface area (TPSA) is 109 Å². The molecule has 5 aromatic rings. The number of halogens is 1. The summed E-state index contributed by atoms with van der Waals surface area (Å²) in [6.07, 6.45) is 5.76. The summed E-state index contributed by atoms with van der Waals surface area (Å²) in [5, 5.41) is 4.05. The van der Waals surface area contributed by atoms with Gasteiger partial charge >= 0.3 is 0 Å². The van der Waals surface area contributed by atoms with Crippen molar-refractivity contribution in [1.82, 2.24) is 19.9 Å². The first-order valence-electron chi connectivity index (χ1n) is 15.3. The Bertz CT molecular complexity index is 1900. The van der Waals surface area contributed by atoms with E-state index in [1.165, 1.54) is 30.2 Å². The molecule has 1 aliphatic heterocycles. The molecule has 0 bridgehead atoms. The average Bonchev–Trinajstić information content (AvgIpc) is 3.73. The zero-order chi connectivity index (χ0) is 31.9. The average molecular weight is 659 g/mol. The normalized spacial score (nSPS) is 13.5. The predicted octanol–water partition coefficient (Wildman–Crippen LogP) is 7.38. The number of anilines is 3. The van der Waals surface area contributed by atoms with Gasteiger partial charge in [0.2, 0.25) is 5.95 Å². The molecule has 9 nitrogen and oxygen atoms in total. The number of thiazole rings is 1. The Labute approximate surface area is 272 Å². The second-order valence-electron chi connectivity index (χ2n) is 11.0. The molecule has 1 saturated heterocycles. The summed E-state index contributed by atoms with van der Waals surface area (Å²) < 4.78 is 49.2. The SMILES string of the molecule is CCCc1nc(-c2cccc(NS(=O)(=O)c3ccccc3)c2)c(-c2ccnc(Nc3ccc(OCCN4CCCC4)c(F)c3)n2)s1. The van der Waals surface area contributed by atoms with Gasteiger partial charge in [-0.2, -0.15) is 0 Å². The first kappa shape index (κ1) is 31.6.